The number of carbonyl (C=O) groups is 1. The molecular formula is C8H11F2NO2. The minimum atomic E-state index is -2.82. The van der Waals surface area contributed by atoms with Crippen molar-refractivity contribution in [2.75, 3.05) is 13.1 Å². The van der Waals surface area contributed by atoms with Gasteiger partial charge in [-0.25, -0.2) is 13.6 Å². The maximum Gasteiger partial charge on any atom is 0.407 e. The highest BCUT2D eigenvalue weighted by Crippen LogP contribution is 2.61. The van der Waals surface area contributed by atoms with Gasteiger partial charge in [-0.3, -0.25) is 0 Å². The van der Waals surface area contributed by atoms with Crippen LogP contribution in [0.2, 0.25) is 0 Å². The molecule has 0 aromatic heterocycles. The van der Waals surface area contributed by atoms with Gasteiger partial charge in [0, 0.05) is 12.0 Å². The van der Waals surface area contributed by atoms with Crippen molar-refractivity contribution in [3.8, 4) is 0 Å². The van der Waals surface area contributed by atoms with Gasteiger partial charge in [0.25, 0.3) is 5.92 Å². The van der Waals surface area contributed by atoms with Gasteiger partial charge in [0.05, 0.1) is 6.54 Å². The summed E-state index contributed by atoms with van der Waals surface area (Å²) in [5.74, 6) is -2.82. The number of hydrogen-bond acceptors (Lipinski definition) is 1. The fraction of sp³-hybridized carbons (Fsp3) is 0.875. The van der Waals surface area contributed by atoms with Gasteiger partial charge in [0.1, 0.15) is 0 Å². The van der Waals surface area contributed by atoms with Crippen molar-refractivity contribution in [3.63, 3.8) is 0 Å². The molecule has 13 heavy (non-hydrogen) atoms. The van der Waals surface area contributed by atoms with Crippen molar-refractivity contribution < 1.29 is 18.7 Å². The molecule has 1 aliphatic heterocycles. The molecule has 0 unspecified atom stereocenters. The van der Waals surface area contributed by atoms with Gasteiger partial charge in [-0.2, -0.15) is 0 Å². The molecular weight excluding hydrogens is 180 g/mol. The molecule has 1 saturated heterocycles. The third-order valence-corrected chi connectivity index (χ3v) is 3.15. The van der Waals surface area contributed by atoms with Crippen molar-refractivity contribution in [2.45, 2.75) is 25.2 Å². The summed E-state index contributed by atoms with van der Waals surface area (Å²) in [5.41, 5.74) is -0.848. The molecule has 1 spiro atoms. The first-order valence-corrected chi connectivity index (χ1v) is 4.33. The van der Waals surface area contributed by atoms with Crippen molar-refractivity contribution in [3.05, 3.63) is 0 Å². The van der Waals surface area contributed by atoms with E-state index in [-0.39, 0.29) is 6.54 Å². The molecule has 0 atom stereocenters. The van der Waals surface area contributed by atoms with Gasteiger partial charge in [-0.15, -0.1) is 0 Å². The molecule has 0 radical (unpaired) electrons. The molecule has 1 aliphatic carbocycles. The predicted molar refractivity (Wildman–Crippen MR) is 40.8 cm³/mol. The molecule has 3 nitrogen and oxygen atoms in total. The van der Waals surface area contributed by atoms with Crippen LogP contribution in [0.3, 0.4) is 0 Å². The molecule has 0 bridgehead atoms. The van der Waals surface area contributed by atoms with Gasteiger partial charge in [-0.1, -0.05) is 0 Å². The zero-order valence-corrected chi connectivity index (χ0v) is 7.09. The van der Waals surface area contributed by atoms with E-state index in [9.17, 15) is 13.6 Å². The second-order valence-corrected chi connectivity index (χ2v) is 3.94. The zero-order valence-electron chi connectivity index (χ0n) is 7.09. The van der Waals surface area contributed by atoms with E-state index in [2.05, 4.69) is 0 Å². The molecule has 1 heterocycles. The third kappa shape index (κ3) is 1.17. The number of likely N-dealkylation sites (tertiary alicyclic amines) is 1. The summed E-state index contributed by atoms with van der Waals surface area (Å²) in [6.45, 7) is -0.368. The van der Waals surface area contributed by atoms with Gasteiger partial charge < -0.3 is 10.0 Å². The number of hydrogen-bond donors (Lipinski definition) is 1. The third-order valence-electron chi connectivity index (χ3n) is 3.15. The molecule has 1 N–H and O–H groups in total. The second-order valence-electron chi connectivity index (χ2n) is 3.94. The lowest BCUT2D eigenvalue weighted by Crippen LogP contribution is -2.51. The Morgan fingerprint density at radius 1 is 1.31 bits per heavy atom. The van der Waals surface area contributed by atoms with Gasteiger partial charge in [0.15, 0.2) is 0 Å². The first-order valence-electron chi connectivity index (χ1n) is 4.33. The SMILES string of the molecule is O=C(O)N1CCC2(CC2)C(F)(F)C1. The minimum absolute atomic E-state index is 0.255. The Labute approximate surface area is 74.3 Å². The smallest absolute Gasteiger partial charge is 0.407 e. The summed E-state index contributed by atoms with van der Waals surface area (Å²) in [6, 6.07) is 0. The normalized spacial score (nSPS) is 28.9. The predicted octanol–water partition coefficient (Wildman–Crippen LogP) is 1.79. The van der Waals surface area contributed by atoms with E-state index < -0.39 is 24.0 Å². The number of nitrogens with zero attached hydrogens (tertiary/aromatic N) is 1. The van der Waals surface area contributed by atoms with Gasteiger partial charge in [0.2, 0.25) is 0 Å². The molecule has 2 aliphatic rings. The molecule has 5 heteroatoms. The number of alkyl halides is 2. The molecule has 74 valence electrons. The molecule has 0 aromatic carbocycles. The number of piperidine rings is 1. The lowest BCUT2D eigenvalue weighted by molar-refractivity contribution is -0.117. The first-order chi connectivity index (χ1) is 5.97. The summed E-state index contributed by atoms with van der Waals surface area (Å²) in [5, 5.41) is 8.55. The van der Waals surface area contributed by atoms with E-state index in [0.717, 1.165) is 4.90 Å². The topological polar surface area (TPSA) is 40.5 Å². The van der Waals surface area contributed by atoms with Crippen LogP contribution in [0.4, 0.5) is 13.6 Å². The number of halogens is 2. The summed E-state index contributed by atoms with van der Waals surface area (Å²) in [6.07, 6.45) is 0.169. The highest BCUT2D eigenvalue weighted by molar-refractivity contribution is 5.65. The standard InChI is InChI=1S/C8H11F2NO2/c9-8(10)5-11(6(12)13)4-3-7(8)1-2-7/h1-5H2,(H,12,13). The Morgan fingerprint density at radius 2 is 1.92 bits per heavy atom. The fourth-order valence-corrected chi connectivity index (χ4v) is 1.95. The van der Waals surface area contributed by atoms with Crippen molar-refractivity contribution in [1.29, 1.82) is 0 Å². The van der Waals surface area contributed by atoms with Crippen LogP contribution in [0, 0.1) is 5.41 Å². The fourth-order valence-electron chi connectivity index (χ4n) is 1.95. The van der Waals surface area contributed by atoms with E-state index in [1.54, 1.807) is 0 Å². The maximum absolute atomic E-state index is 13.4. The molecule has 1 saturated carbocycles. The molecule has 0 aromatic rings. The lowest BCUT2D eigenvalue weighted by atomic mass is 9.90. The zero-order chi connectivity index (χ0) is 9.69. The van der Waals surface area contributed by atoms with Crippen molar-refractivity contribution >= 4 is 6.09 Å². The average molecular weight is 191 g/mol. The molecule has 1 amide bonds. The van der Waals surface area contributed by atoms with Gasteiger partial charge in [-0.05, 0) is 19.3 Å². The quantitative estimate of drug-likeness (QED) is 0.634. The Hall–Kier alpha value is -0.870. The first kappa shape index (κ1) is 8.72. The van der Waals surface area contributed by atoms with Crippen LogP contribution in [-0.4, -0.2) is 35.1 Å². The van der Waals surface area contributed by atoms with Crippen LogP contribution < -0.4 is 0 Å². The van der Waals surface area contributed by atoms with Crippen LogP contribution in [-0.2, 0) is 0 Å². The van der Waals surface area contributed by atoms with Crippen molar-refractivity contribution in [2.24, 2.45) is 5.41 Å². The Kier molecular flexibility index (Phi) is 1.56. The average Bonchev–Trinajstić information content (AvgIpc) is 2.76. The Bertz CT molecular complexity index is 251. The van der Waals surface area contributed by atoms with Crippen LogP contribution >= 0.6 is 0 Å². The maximum atomic E-state index is 13.4. The second kappa shape index (κ2) is 2.33. The molecule has 2 rings (SSSR count). The van der Waals surface area contributed by atoms with E-state index in [0.29, 0.717) is 19.3 Å². The van der Waals surface area contributed by atoms with E-state index in [4.69, 9.17) is 5.11 Å². The molecule has 2 fully saturated rings. The van der Waals surface area contributed by atoms with E-state index >= 15 is 0 Å². The number of carboxylic acid groups (broad SMARTS) is 1. The minimum Gasteiger partial charge on any atom is -0.465 e. The van der Waals surface area contributed by atoms with E-state index in [1.807, 2.05) is 0 Å². The highest BCUT2D eigenvalue weighted by atomic mass is 19.3. The largest absolute Gasteiger partial charge is 0.465 e. The lowest BCUT2D eigenvalue weighted by Gasteiger charge is -2.37. The summed E-state index contributed by atoms with van der Waals surface area (Å²) < 4.78 is 26.7. The summed E-state index contributed by atoms with van der Waals surface area (Å²) in [7, 11) is 0. The van der Waals surface area contributed by atoms with Gasteiger partial charge >= 0.3 is 6.09 Å². The number of rotatable bonds is 0. The van der Waals surface area contributed by atoms with Crippen LogP contribution in [0.1, 0.15) is 19.3 Å². The Morgan fingerprint density at radius 3 is 2.31 bits per heavy atom. The van der Waals surface area contributed by atoms with Crippen LogP contribution in [0.25, 0.3) is 0 Å². The Balaban J connectivity index is 2.11. The summed E-state index contributed by atoms with van der Waals surface area (Å²) in [4.78, 5) is 11.3. The van der Waals surface area contributed by atoms with Crippen LogP contribution in [0.15, 0.2) is 0 Å². The highest BCUT2D eigenvalue weighted by Gasteiger charge is 2.64. The van der Waals surface area contributed by atoms with Crippen molar-refractivity contribution in [1.82, 2.24) is 4.90 Å². The number of amides is 1. The van der Waals surface area contributed by atoms with Crippen LogP contribution in [0.5, 0.6) is 0 Å². The monoisotopic (exact) mass is 191 g/mol. The van der Waals surface area contributed by atoms with E-state index in [1.165, 1.54) is 0 Å². The summed E-state index contributed by atoms with van der Waals surface area (Å²) >= 11 is 0.